The Morgan fingerprint density at radius 2 is 1.83 bits per heavy atom. The van der Waals surface area contributed by atoms with Gasteiger partial charge in [0, 0.05) is 0 Å². The van der Waals surface area contributed by atoms with Crippen LogP contribution in [0.3, 0.4) is 0 Å². The third-order valence-electron chi connectivity index (χ3n) is 3.62. The second-order valence-electron chi connectivity index (χ2n) is 5.32. The highest BCUT2D eigenvalue weighted by Crippen LogP contribution is 2.32. The van der Waals surface area contributed by atoms with Gasteiger partial charge in [-0.05, 0) is 51.2 Å². The smallest absolute Gasteiger partial charge is 0.306 e. The van der Waals surface area contributed by atoms with Gasteiger partial charge in [-0.2, -0.15) is 0 Å². The molecule has 0 aliphatic heterocycles. The van der Waals surface area contributed by atoms with E-state index in [1.165, 1.54) is 5.56 Å². The topological polar surface area (TPSA) is 46.5 Å². The fourth-order valence-electron chi connectivity index (χ4n) is 2.79. The van der Waals surface area contributed by atoms with Crippen molar-refractivity contribution in [3.05, 3.63) is 28.8 Å². The van der Waals surface area contributed by atoms with E-state index < -0.39 is 5.97 Å². The molecule has 0 amide bonds. The number of carboxylic acid groups (broad SMARTS) is 1. The van der Waals surface area contributed by atoms with Gasteiger partial charge in [-0.3, -0.25) is 4.79 Å². The maximum Gasteiger partial charge on any atom is 0.306 e. The molecule has 3 nitrogen and oxygen atoms in total. The van der Waals surface area contributed by atoms with Crippen molar-refractivity contribution >= 4 is 5.97 Å². The van der Waals surface area contributed by atoms with Crippen LogP contribution in [0.5, 0.6) is 5.75 Å². The Morgan fingerprint density at radius 3 is 2.33 bits per heavy atom. The molecular weight excluding hydrogens is 228 g/mol. The van der Waals surface area contributed by atoms with Crippen molar-refractivity contribution < 1.29 is 14.6 Å². The van der Waals surface area contributed by atoms with Gasteiger partial charge in [0.1, 0.15) is 5.75 Å². The lowest BCUT2D eigenvalue weighted by Crippen LogP contribution is -2.16. The number of carbonyl (C=O) groups is 1. The van der Waals surface area contributed by atoms with Crippen LogP contribution in [0.2, 0.25) is 0 Å². The average molecular weight is 248 g/mol. The van der Waals surface area contributed by atoms with Gasteiger partial charge < -0.3 is 9.84 Å². The van der Waals surface area contributed by atoms with Gasteiger partial charge in [0.05, 0.1) is 12.0 Å². The van der Waals surface area contributed by atoms with Gasteiger partial charge in [0.15, 0.2) is 0 Å². The molecule has 2 atom stereocenters. The number of rotatable bonds is 3. The Balaban J connectivity index is 2.09. The van der Waals surface area contributed by atoms with Crippen molar-refractivity contribution in [2.45, 2.75) is 46.1 Å². The number of hydrogen-bond donors (Lipinski definition) is 1. The minimum Gasteiger partial charge on any atom is -0.490 e. The minimum absolute atomic E-state index is 0.0474. The quantitative estimate of drug-likeness (QED) is 0.893. The molecule has 0 spiro atoms. The van der Waals surface area contributed by atoms with Crippen molar-refractivity contribution in [3.63, 3.8) is 0 Å². The monoisotopic (exact) mass is 248 g/mol. The first-order valence-electron chi connectivity index (χ1n) is 6.44. The average Bonchev–Trinajstić information content (AvgIpc) is 2.71. The maximum atomic E-state index is 10.9. The van der Waals surface area contributed by atoms with Crippen LogP contribution in [0, 0.1) is 26.7 Å². The van der Waals surface area contributed by atoms with Gasteiger partial charge in [0.2, 0.25) is 0 Å². The van der Waals surface area contributed by atoms with Gasteiger partial charge in [-0.15, -0.1) is 0 Å². The van der Waals surface area contributed by atoms with Crippen LogP contribution < -0.4 is 4.74 Å². The number of carboxylic acids is 1. The molecule has 2 unspecified atom stereocenters. The second-order valence-corrected chi connectivity index (χ2v) is 5.32. The summed E-state index contributed by atoms with van der Waals surface area (Å²) in [7, 11) is 0. The third-order valence-corrected chi connectivity index (χ3v) is 3.62. The lowest BCUT2D eigenvalue weighted by Gasteiger charge is -2.18. The standard InChI is InChI=1S/C15H20O3/c1-9-6-10(2)14(11(3)7-9)18-13-5-4-12(8-13)15(16)17/h6-7,12-13H,4-5,8H2,1-3H3,(H,16,17). The van der Waals surface area contributed by atoms with Crippen LogP contribution in [-0.4, -0.2) is 17.2 Å². The highest BCUT2D eigenvalue weighted by molar-refractivity contribution is 5.70. The summed E-state index contributed by atoms with van der Waals surface area (Å²) in [6.45, 7) is 6.15. The van der Waals surface area contributed by atoms with E-state index in [0.29, 0.717) is 6.42 Å². The number of hydrogen-bond acceptors (Lipinski definition) is 2. The first-order chi connectivity index (χ1) is 8.47. The summed E-state index contributed by atoms with van der Waals surface area (Å²) in [6.07, 6.45) is 2.24. The van der Waals surface area contributed by atoms with Crippen LogP contribution in [0.15, 0.2) is 12.1 Å². The fraction of sp³-hybridized carbons (Fsp3) is 0.533. The molecule has 1 aliphatic rings. The molecular formula is C15H20O3. The van der Waals surface area contributed by atoms with Crippen molar-refractivity contribution in [1.29, 1.82) is 0 Å². The molecule has 1 aromatic rings. The van der Waals surface area contributed by atoms with E-state index in [9.17, 15) is 4.79 Å². The van der Waals surface area contributed by atoms with Crippen molar-refractivity contribution in [1.82, 2.24) is 0 Å². The first-order valence-corrected chi connectivity index (χ1v) is 6.44. The summed E-state index contributed by atoms with van der Waals surface area (Å²) in [5, 5.41) is 8.99. The number of aliphatic carboxylic acids is 1. The Labute approximate surface area is 108 Å². The van der Waals surface area contributed by atoms with E-state index in [1.54, 1.807) is 0 Å². The zero-order valence-corrected chi connectivity index (χ0v) is 11.2. The molecule has 2 rings (SSSR count). The molecule has 0 saturated heterocycles. The summed E-state index contributed by atoms with van der Waals surface area (Å²) < 4.78 is 6.01. The van der Waals surface area contributed by atoms with Crippen LogP contribution in [0.1, 0.15) is 36.0 Å². The van der Waals surface area contributed by atoms with E-state index in [-0.39, 0.29) is 12.0 Å². The third kappa shape index (κ3) is 2.66. The molecule has 1 N–H and O–H groups in total. The van der Waals surface area contributed by atoms with Gasteiger partial charge >= 0.3 is 5.97 Å². The largest absolute Gasteiger partial charge is 0.490 e. The molecule has 1 aromatic carbocycles. The highest BCUT2D eigenvalue weighted by Gasteiger charge is 2.31. The van der Waals surface area contributed by atoms with Crippen molar-refractivity contribution in [2.75, 3.05) is 0 Å². The lowest BCUT2D eigenvalue weighted by molar-refractivity contribution is -0.141. The highest BCUT2D eigenvalue weighted by atomic mass is 16.5. The number of aryl methyl sites for hydroxylation is 3. The predicted molar refractivity (Wildman–Crippen MR) is 70.0 cm³/mol. The van der Waals surface area contributed by atoms with E-state index in [4.69, 9.17) is 9.84 Å². The van der Waals surface area contributed by atoms with Crippen LogP contribution in [0.4, 0.5) is 0 Å². The van der Waals surface area contributed by atoms with Gasteiger partial charge in [-0.25, -0.2) is 0 Å². The molecule has 98 valence electrons. The maximum absolute atomic E-state index is 10.9. The van der Waals surface area contributed by atoms with E-state index in [2.05, 4.69) is 19.1 Å². The van der Waals surface area contributed by atoms with E-state index >= 15 is 0 Å². The molecule has 18 heavy (non-hydrogen) atoms. The summed E-state index contributed by atoms with van der Waals surface area (Å²) >= 11 is 0. The molecule has 1 aliphatic carbocycles. The Bertz CT molecular complexity index is 442. The SMILES string of the molecule is Cc1cc(C)c(OC2CCC(C(=O)O)C2)c(C)c1. The summed E-state index contributed by atoms with van der Waals surface area (Å²) in [6, 6.07) is 4.21. The van der Waals surface area contributed by atoms with E-state index in [0.717, 1.165) is 29.7 Å². The number of benzene rings is 1. The van der Waals surface area contributed by atoms with Crippen LogP contribution in [-0.2, 0) is 4.79 Å². The Kier molecular flexibility index (Phi) is 3.60. The molecule has 0 heterocycles. The molecule has 0 radical (unpaired) electrons. The fourth-order valence-corrected chi connectivity index (χ4v) is 2.79. The molecule has 3 heteroatoms. The predicted octanol–water partition coefficient (Wildman–Crippen LogP) is 3.24. The van der Waals surface area contributed by atoms with Gasteiger partial charge in [-0.1, -0.05) is 17.7 Å². The molecule has 1 saturated carbocycles. The molecule has 1 fully saturated rings. The first kappa shape index (κ1) is 12.9. The van der Waals surface area contributed by atoms with Crippen molar-refractivity contribution in [2.24, 2.45) is 5.92 Å². The zero-order valence-electron chi connectivity index (χ0n) is 11.2. The Hall–Kier alpha value is -1.51. The zero-order chi connectivity index (χ0) is 13.3. The lowest BCUT2D eigenvalue weighted by atomic mass is 10.1. The Morgan fingerprint density at radius 1 is 1.22 bits per heavy atom. The summed E-state index contributed by atoms with van der Waals surface area (Å²) in [5.74, 6) is -0.00357. The van der Waals surface area contributed by atoms with Crippen LogP contribution >= 0.6 is 0 Å². The normalized spacial score (nSPS) is 23.1. The second kappa shape index (κ2) is 5.01. The molecule has 0 bridgehead atoms. The molecule has 0 aromatic heterocycles. The van der Waals surface area contributed by atoms with Gasteiger partial charge in [0.25, 0.3) is 0 Å². The van der Waals surface area contributed by atoms with Crippen molar-refractivity contribution in [3.8, 4) is 5.75 Å². The summed E-state index contributed by atoms with van der Waals surface area (Å²) in [4.78, 5) is 10.9. The number of ether oxygens (including phenoxy) is 1. The summed E-state index contributed by atoms with van der Waals surface area (Å²) in [5.41, 5.74) is 3.49. The van der Waals surface area contributed by atoms with Crippen LogP contribution in [0.25, 0.3) is 0 Å². The minimum atomic E-state index is -0.696. The van der Waals surface area contributed by atoms with E-state index in [1.807, 2.05) is 13.8 Å².